The van der Waals surface area contributed by atoms with E-state index in [4.69, 9.17) is 0 Å². The van der Waals surface area contributed by atoms with Crippen molar-refractivity contribution in [3.63, 3.8) is 0 Å². The van der Waals surface area contributed by atoms with E-state index in [0.717, 1.165) is 23.3 Å². The van der Waals surface area contributed by atoms with Crippen LogP contribution in [0.15, 0.2) is 42.3 Å². The minimum atomic E-state index is -0.708. The molecule has 8 heteroatoms. The highest BCUT2D eigenvalue weighted by molar-refractivity contribution is 7.13. The number of nitriles is 1. The normalized spacial score (nSPS) is 26.2. The van der Waals surface area contributed by atoms with Crippen LogP contribution in [0.3, 0.4) is 0 Å². The number of carbonyl (C=O) groups excluding carboxylic acids is 1. The summed E-state index contributed by atoms with van der Waals surface area (Å²) < 4.78 is 0. The third-order valence-corrected chi connectivity index (χ3v) is 6.84. The van der Waals surface area contributed by atoms with Crippen LogP contribution >= 0.6 is 11.3 Å². The fourth-order valence-corrected chi connectivity index (χ4v) is 5.45. The van der Waals surface area contributed by atoms with E-state index in [0.29, 0.717) is 24.2 Å². The molecule has 0 aliphatic carbocycles. The summed E-state index contributed by atoms with van der Waals surface area (Å²) in [6.07, 6.45) is 9.98. The zero-order valence-electron chi connectivity index (χ0n) is 15.1. The Hall–Kier alpha value is -3.05. The molecule has 2 fully saturated rings. The maximum Gasteiger partial charge on any atom is 0.255 e. The molecule has 3 aromatic heterocycles. The van der Waals surface area contributed by atoms with Crippen LogP contribution in [0.1, 0.15) is 41.9 Å². The number of thiophene rings is 1. The van der Waals surface area contributed by atoms with Crippen molar-refractivity contribution in [2.75, 3.05) is 0 Å². The van der Waals surface area contributed by atoms with Crippen LogP contribution in [-0.2, 0) is 5.41 Å². The van der Waals surface area contributed by atoms with Crippen LogP contribution in [0.4, 0.5) is 0 Å². The zero-order chi connectivity index (χ0) is 19.1. The van der Waals surface area contributed by atoms with E-state index in [1.165, 1.54) is 0 Å². The molecule has 0 radical (unpaired) electrons. The third kappa shape index (κ3) is 2.62. The summed E-state index contributed by atoms with van der Waals surface area (Å²) >= 11 is 1.54. The maximum atomic E-state index is 13.3. The van der Waals surface area contributed by atoms with Crippen LogP contribution in [0.2, 0.25) is 0 Å². The van der Waals surface area contributed by atoms with Gasteiger partial charge in [-0.1, -0.05) is 0 Å². The lowest BCUT2D eigenvalue weighted by Gasteiger charge is -2.42. The van der Waals surface area contributed by atoms with E-state index in [-0.39, 0.29) is 18.0 Å². The highest BCUT2D eigenvalue weighted by Crippen LogP contribution is 2.46. The number of carbonyl (C=O) groups is 1. The largest absolute Gasteiger partial charge is 0.333 e. The summed E-state index contributed by atoms with van der Waals surface area (Å²) in [7, 11) is 0. The molecular formula is C20H18N6OS. The Bertz CT molecular complexity index is 1020. The number of rotatable bonds is 3. The lowest BCUT2D eigenvalue weighted by Crippen LogP contribution is -2.52. The van der Waals surface area contributed by atoms with Crippen molar-refractivity contribution in [2.45, 2.75) is 43.2 Å². The average Bonchev–Trinajstić information content (AvgIpc) is 3.47. The maximum absolute atomic E-state index is 13.3. The molecule has 7 nitrogen and oxygen atoms in total. The van der Waals surface area contributed by atoms with E-state index in [2.05, 4.69) is 26.2 Å². The minimum Gasteiger partial charge on any atom is -0.333 e. The van der Waals surface area contributed by atoms with Crippen LogP contribution in [0.5, 0.6) is 0 Å². The summed E-state index contributed by atoms with van der Waals surface area (Å²) in [5.74, 6) is 0.637. The van der Waals surface area contributed by atoms with Gasteiger partial charge in [-0.2, -0.15) is 10.4 Å². The Kier molecular flexibility index (Phi) is 3.98. The van der Waals surface area contributed by atoms with Gasteiger partial charge in [0, 0.05) is 46.5 Å². The van der Waals surface area contributed by atoms with Gasteiger partial charge in [-0.05, 0) is 37.8 Å². The van der Waals surface area contributed by atoms with E-state index in [9.17, 15) is 10.1 Å². The summed E-state index contributed by atoms with van der Waals surface area (Å²) in [6.45, 7) is 0. The first-order valence-electron chi connectivity index (χ1n) is 9.29. The number of H-pyrrole nitrogens is 1. The molecular weight excluding hydrogens is 372 g/mol. The van der Waals surface area contributed by atoms with Gasteiger partial charge in [0.25, 0.3) is 5.91 Å². The SMILES string of the molecule is N#CC1(c2ncccn2)CC2CCC(C1)N2C(=O)c1csc(-c2cn[nH]c2)c1. The fraction of sp³-hybridized carbons (Fsp3) is 0.350. The quantitative estimate of drug-likeness (QED) is 0.741. The molecule has 140 valence electrons. The van der Waals surface area contributed by atoms with Gasteiger partial charge in [-0.25, -0.2) is 9.97 Å². The van der Waals surface area contributed by atoms with Gasteiger partial charge < -0.3 is 4.90 Å². The topological polar surface area (TPSA) is 98.6 Å². The molecule has 2 aliphatic heterocycles. The van der Waals surface area contributed by atoms with Gasteiger partial charge >= 0.3 is 0 Å². The number of nitrogens with zero attached hydrogens (tertiary/aromatic N) is 5. The predicted molar refractivity (Wildman–Crippen MR) is 103 cm³/mol. The summed E-state index contributed by atoms with van der Waals surface area (Å²) in [4.78, 5) is 25.0. The first-order chi connectivity index (χ1) is 13.7. The average molecular weight is 390 g/mol. The lowest BCUT2D eigenvalue weighted by atomic mass is 9.75. The molecule has 3 aromatic rings. The fourth-order valence-electron chi connectivity index (χ4n) is 4.59. The number of piperidine rings is 1. The number of aromatic amines is 1. The second-order valence-corrected chi connectivity index (χ2v) is 8.37. The van der Waals surface area contributed by atoms with Gasteiger partial charge in [0.1, 0.15) is 11.2 Å². The zero-order valence-corrected chi connectivity index (χ0v) is 15.9. The number of amides is 1. The minimum absolute atomic E-state index is 0.0481. The summed E-state index contributed by atoms with van der Waals surface area (Å²) in [5, 5.41) is 18.7. The summed E-state index contributed by atoms with van der Waals surface area (Å²) in [5.41, 5.74) is 0.981. The molecule has 1 N–H and O–H groups in total. The van der Waals surface area contributed by atoms with Crippen molar-refractivity contribution in [1.82, 2.24) is 25.1 Å². The van der Waals surface area contributed by atoms with Crippen molar-refractivity contribution >= 4 is 17.2 Å². The first kappa shape index (κ1) is 17.1. The molecule has 0 aromatic carbocycles. The standard InChI is InChI=1S/C20H18N6OS/c21-12-20(19-22-4-1-5-23-19)7-15-2-3-16(8-20)26(15)18(27)13-6-17(28-11-13)14-9-24-25-10-14/h1,4-6,9-11,15-16H,2-3,7-8H2,(H,24,25). The lowest BCUT2D eigenvalue weighted by molar-refractivity contribution is 0.0521. The monoisotopic (exact) mass is 390 g/mol. The summed E-state index contributed by atoms with van der Waals surface area (Å²) in [6, 6.07) is 6.28. The van der Waals surface area contributed by atoms with Crippen molar-refractivity contribution in [1.29, 1.82) is 5.26 Å². The number of aromatic nitrogens is 4. The molecule has 1 amide bonds. The number of hydrogen-bond acceptors (Lipinski definition) is 6. The number of nitrogens with one attached hydrogen (secondary N) is 1. The van der Waals surface area contributed by atoms with Gasteiger partial charge in [0.05, 0.1) is 17.8 Å². The van der Waals surface area contributed by atoms with E-state index in [1.807, 2.05) is 22.5 Å². The Morgan fingerprint density at radius 2 is 2.04 bits per heavy atom. The van der Waals surface area contributed by atoms with Crippen LogP contribution in [0.25, 0.3) is 10.4 Å². The van der Waals surface area contributed by atoms with Gasteiger partial charge in [-0.15, -0.1) is 11.3 Å². The Balaban J connectivity index is 1.41. The van der Waals surface area contributed by atoms with E-state index >= 15 is 0 Å². The van der Waals surface area contributed by atoms with E-state index in [1.54, 1.807) is 36.0 Å². The van der Waals surface area contributed by atoms with Crippen molar-refractivity contribution in [3.05, 3.63) is 53.7 Å². The van der Waals surface area contributed by atoms with Gasteiger partial charge in [0.2, 0.25) is 0 Å². The van der Waals surface area contributed by atoms with Gasteiger partial charge in [-0.3, -0.25) is 9.89 Å². The van der Waals surface area contributed by atoms with Crippen LogP contribution in [0, 0.1) is 11.3 Å². The first-order valence-corrected chi connectivity index (χ1v) is 10.2. The molecule has 0 saturated carbocycles. The second kappa shape index (κ2) is 6.53. The molecule has 5 rings (SSSR count). The molecule has 28 heavy (non-hydrogen) atoms. The van der Waals surface area contributed by atoms with Crippen molar-refractivity contribution in [2.24, 2.45) is 0 Å². The molecule has 2 saturated heterocycles. The molecule has 0 spiro atoms. The third-order valence-electron chi connectivity index (χ3n) is 5.86. The Morgan fingerprint density at radius 1 is 1.29 bits per heavy atom. The van der Waals surface area contributed by atoms with Crippen LogP contribution in [-0.4, -0.2) is 43.1 Å². The highest BCUT2D eigenvalue weighted by atomic mass is 32.1. The smallest absolute Gasteiger partial charge is 0.255 e. The number of fused-ring (bicyclic) bond motifs is 2. The molecule has 2 bridgehead atoms. The molecule has 2 aliphatic rings. The highest BCUT2D eigenvalue weighted by Gasteiger charge is 2.52. The Labute approximate surface area is 166 Å². The van der Waals surface area contributed by atoms with Crippen molar-refractivity contribution < 1.29 is 4.79 Å². The van der Waals surface area contributed by atoms with E-state index < -0.39 is 5.41 Å². The van der Waals surface area contributed by atoms with Crippen LogP contribution < -0.4 is 0 Å². The van der Waals surface area contributed by atoms with Gasteiger partial charge in [0.15, 0.2) is 0 Å². The number of hydrogen-bond donors (Lipinski definition) is 1. The molecule has 2 unspecified atom stereocenters. The predicted octanol–water partition coefficient (Wildman–Crippen LogP) is 3.16. The molecule has 5 heterocycles. The second-order valence-electron chi connectivity index (χ2n) is 7.46. The van der Waals surface area contributed by atoms with Crippen molar-refractivity contribution in [3.8, 4) is 16.5 Å². The molecule has 2 atom stereocenters. The Morgan fingerprint density at radius 3 is 2.68 bits per heavy atom.